The second-order valence-corrected chi connectivity index (χ2v) is 6.74. The summed E-state index contributed by atoms with van der Waals surface area (Å²) in [7, 11) is 2.22. The molecule has 0 aliphatic heterocycles. The predicted molar refractivity (Wildman–Crippen MR) is 106 cm³/mol. The average molecular weight is 365 g/mol. The van der Waals surface area contributed by atoms with Crippen molar-refractivity contribution in [3.8, 4) is 0 Å². The van der Waals surface area contributed by atoms with Gasteiger partial charge in [-0.05, 0) is 64.2 Å². The summed E-state index contributed by atoms with van der Waals surface area (Å²) in [4.78, 5) is 7.29. The SMILES string of the molecule is Bc1c(Br)c(C)c(/N=C(\C)N(CC)CC)c(C)c1CCCC. The molecule has 1 aromatic carbocycles. The van der Waals surface area contributed by atoms with Gasteiger partial charge in [-0.25, -0.2) is 4.99 Å². The molecule has 0 heterocycles. The third kappa shape index (κ3) is 4.15. The molecule has 0 unspecified atom stereocenters. The number of benzene rings is 1. The first-order chi connectivity index (χ1) is 10.4. The summed E-state index contributed by atoms with van der Waals surface area (Å²) >= 11 is 3.79. The molecular formula is C18H30BBrN2. The van der Waals surface area contributed by atoms with Crippen LogP contribution in [0.25, 0.3) is 0 Å². The molecule has 0 aliphatic rings. The van der Waals surface area contributed by atoms with Crippen LogP contribution in [0.3, 0.4) is 0 Å². The van der Waals surface area contributed by atoms with E-state index >= 15 is 0 Å². The van der Waals surface area contributed by atoms with Crippen molar-refractivity contribution in [3.63, 3.8) is 0 Å². The molecule has 122 valence electrons. The molecule has 4 heteroatoms. The van der Waals surface area contributed by atoms with E-state index in [-0.39, 0.29) is 0 Å². The zero-order chi connectivity index (χ0) is 16.9. The lowest BCUT2D eigenvalue weighted by Crippen LogP contribution is -2.28. The van der Waals surface area contributed by atoms with Crippen LogP contribution >= 0.6 is 15.9 Å². The van der Waals surface area contributed by atoms with Crippen molar-refractivity contribution in [3.05, 3.63) is 21.2 Å². The Bertz CT molecular complexity index is 549. The summed E-state index contributed by atoms with van der Waals surface area (Å²) in [6.45, 7) is 15.1. The zero-order valence-corrected chi connectivity index (χ0v) is 16.9. The molecule has 1 aromatic rings. The van der Waals surface area contributed by atoms with Crippen LogP contribution in [0, 0.1) is 13.8 Å². The van der Waals surface area contributed by atoms with Crippen molar-refractivity contribution in [2.24, 2.45) is 4.99 Å². The van der Waals surface area contributed by atoms with E-state index in [0.29, 0.717) is 0 Å². The van der Waals surface area contributed by atoms with Crippen molar-refractivity contribution in [1.82, 2.24) is 4.90 Å². The van der Waals surface area contributed by atoms with Crippen LogP contribution in [0.1, 0.15) is 57.2 Å². The van der Waals surface area contributed by atoms with Crippen molar-refractivity contribution in [1.29, 1.82) is 0 Å². The van der Waals surface area contributed by atoms with E-state index < -0.39 is 0 Å². The van der Waals surface area contributed by atoms with Crippen LogP contribution in [-0.2, 0) is 6.42 Å². The lowest BCUT2D eigenvalue weighted by atomic mass is 9.83. The maximum atomic E-state index is 4.98. The molecular weight excluding hydrogens is 335 g/mol. The van der Waals surface area contributed by atoms with Crippen LogP contribution in [0.15, 0.2) is 9.47 Å². The quantitative estimate of drug-likeness (QED) is 0.422. The van der Waals surface area contributed by atoms with Gasteiger partial charge in [0, 0.05) is 17.6 Å². The van der Waals surface area contributed by atoms with Crippen molar-refractivity contribution < 1.29 is 0 Å². The molecule has 0 N–H and O–H groups in total. The fraction of sp³-hybridized carbons (Fsp3) is 0.611. The van der Waals surface area contributed by atoms with Gasteiger partial charge >= 0.3 is 0 Å². The summed E-state index contributed by atoms with van der Waals surface area (Å²) in [5, 5.41) is 0. The van der Waals surface area contributed by atoms with Gasteiger partial charge in [0.05, 0.1) is 5.69 Å². The molecule has 1 rings (SSSR count). The third-order valence-corrected chi connectivity index (χ3v) is 5.74. The molecule has 0 amide bonds. The highest BCUT2D eigenvalue weighted by molar-refractivity contribution is 9.10. The molecule has 0 aliphatic carbocycles. The molecule has 0 saturated heterocycles. The van der Waals surface area contributed by atoms with E-state index in [4.69, 9.17) is 4.99 Å². The lowest BCUT2D eigenvalue weighted by Gasteiger charge is -2.22. The first-order valence-electron chi connectivity index (χ1n) is 8.47. The highest BCUT2D eigenvalue weighted by Gasteiger charge is 2.15. The molecule has 2 nitrogen and oxygen atoms in total. The standard InChI is InChI=1S/C18H30BBrN2/c1-7-10-11-15-12(4)18(13(5)17(20)16(15)19)21-14(6)22(8-2)9-3/h7-11,19H2,1-6H3/b21-14+. The Morgan fingerprint density at radius 2 is 1.73 bits per heavy atom. The molecule has 0 bridgehead atoms. The molecule has 0 atom stereocenters. The molecule has 0 aromatic heterocycles. The van der Waals surface area contributed by atoms with Crippen molar-refractivity contribution in [2.75, 3.05) is 13.1 Å². The summed E-state index contributed by atoms with van der Waals surface area (Å²) in [6.07, 6.45) is 3.59. The van der Waals surface area contributed by atoms with Gasteiger partial charge in [0.15, 0.2) is 0 Å². The van der Waals surface area contributed by atoms with Crippen LogP contribution < -0.4 is 5.46 Å². The van der Waals surface area contributed by atoms with Gasteiger partial charge in [0.25, 0.3) is 0 Å². The number of hydrogen-bond donors (Lipinski definition) is 0. The Morgan fingerprint density at radius 3 is 2.23 bits per heavy atom. The van der Waals surface area contributed by atoms with Gasteiger partial charge in [0.2, 0.25) is 0 Å². The van der Waals surface area contributed by atoms with E-state index in [1.807, 2.05) is 0 Å². The number of amidine groups is 1. The van der Waals surface area contributed by atoms with Gasteiger partial charge in [0.1, 0.15) is 13.7 Å². The monoisotopic (exact) mass is 364 g/mol. The Labute approximate surface area is 145 Å². The van der Waals surface area contributed by atoms with E-state index in [1.165, 1.54) is 39.5 Å². The van der Waals surface area contributed by atoms with Gasteiger partial charge in [-0.15, -0.1) is 0 Å². The molecule has 22 heavy (non-hydrogen) atoms. The van der Waals surface area contributed by atoms with E-state index in [1.54, 1.807) is 0 Å². The van der Waals surface area contributed by atoms with Crippen molar-refractivity contribution >= 4 is 40.8 Å². The maximum absolute atomic E-state index is 4.98. The topological polar surface area (TPSA) is 15.6 Å². The number of aliphatic imine (C=N–C) groups is 1. The Morgan fingerprint density at radius 1 is 1.14 bits per heavy atom. The van der Waals surface area contributed by atoms with E-state index in [0.717, 1.165) is 31.0 Å². The molecule has 0 spiro atoms. The number of halogens is 1. The molecule has 0 saturated carbocycles. The van der Waals surface area contributed by atoms with Crippen molar-refractivity contribution in [2.45, 2.75) is 60.8 Å². The minimum atomic E-state index is 1.000. The van der Waals surface area contributed by atoms with Gasteiger partial charge in [-0.2, -0.15) is 0 Å². The molecule has 0 radical (unpaired) electrons. The highest BCUT2D eigenvalue weighted by Crippen LogP contribution is 2.32. The van der Waals surface area contributed by atoms with Gasteiger partial charge < -0.3 is 4.90 Å². The van der Waals surface area contributed by atoms with E-state index in [9.17, 15) is 0 Å². The number of nitrogens with zero attached hydrogens (tertiary/aromatic N) is 2. The normalized spacial score (nSPS) is 11.9. The second-order valence-electron chi connectivity index (χ2n) is 5.95. The fourth-order valence-electron chi connectivity index (χ4n) is 3.03. The Kier molecular flexibility index (Phi) is 7.68. The predicted octanol–water partition coefficient (Wildman–Crippen LogP) is 4.06. The van der Waals surface area contributed by atoms with Crippen LogP contribution in [-0.4, -0.2) is 31.7 Å². The first kappa shape index (κ1) is 19.3. The molecule has 0 fully saturated rings. The third-order valence-electron chi connectivity index (χ3n) is 4.55. The second kappa shape index (κ2) is 8.76. The van der Waals surface area contributed by atoms with Crippen LogP contribution in [0.4, 0.5) is 5.69 Å². The number of hydrogen-bond acceptors (Lipinski definition) is 1. The fourth-order valence-corrected chi connectivity index (χ4v) is 3.46. The highest BCUT2D eigenvalue weighted by atomic mass is 79.9. The smallest absolute Gasteiger partial charge is 0.141 e. The zero-order valence-electron chi connectivity index (χ0n) is 15.3. The van der Waals surface area contributed by atoms with Crippen LogP contribution in [0.2, 0.25) is 0 Å². The Hall–Kier alpha value is -0.765. The van der Waals surface area contributed by atoms with Crippen LogP contribution in [0.5, 0.6) is 0 Å². The number of rotatable bonds is 6. The summed E-state index contributed by atoms with van der Waals surface area (Å²) in [5.41, 5.74) is 6.58. The summed E-state index contributed by atoms with van der Waals surface area (Å²) in [5.74, 6) is 1.10. The minimum absolute atomic E-state index is 1.000. The average Bonchev–Trinajstić information content (AvgIpc) is 2.51. The van der Waals surface area contributed by atoms with E-state index in [2.05, 4.69) is 70.2 Å². The largest absolute Gasteiger partial charge is 0.361 e. The Balaban J connectivity index is 3.41. The maximum Gasteiger partial charge on any atom is 0.141 e. The lowest BCUT2D eigenvalue weighted by molar-refractivity contribution is 0.463. The summed E-state index contributed by atoms with van der Waals surface area (Å²) in [6, 6.07) is 0. The number of unbranched alkanes of at least 4 members (excludes halogenated alkanes) is 1. The first-order valence-corrected chi connectivity index (χ1v) is 9.26. The summed E-state index contributed by atoms with van der Waals surface area (Å²) < 4.78 is 1.22. The minimum Gasteiger partial charge on any atom is -0.361 e. The van der Waals surface area contributed by atoms with Gasteiger partial charge in [-0.1, -0.05) is 34.7 Å². The van der Waals surface area contributed by atoms with Gasteiger partial charge in [-0.3, -0.25) is 0 Å².